The Morgan fingerprint density at radius 1 is 1.06 bits per heavy atom. The summed E-state index contributed by atoms with van der Waals surface area (Å²) in [5, 5.41) is 2.91. The number of aryl methyl sites for hydroxylation is 1. The van der Waals surface area contributed by atoms with E-state index < -0.39 is 10.0 Å². The second-order valence-corrected chi connectivity index (χ2v) is 10.4. The van der Waals surface area contributed by atoms with E-state index in [9.17, 15) is 13.2 Å². The van der Waals surface area contributed by atoms with Gasteiger partial charge in [0.25, 0.3) is 5.91 Å². The van der Waals surface area contributed by atoms with E-state index in [1.165, 1.54) is 28.6 Å². The quantitative estimate of drug-likeness (QED) is 0.567. The van der Waals surface area contributed by atoms with E-state index in [-0.39, 0.29) is 23.0 Å². The summed E-state index contributed by atoms with van der Waals surface area (Å²) in [4.78, 5) is 17.5. The van der Waals surface area contributed by atoms with Crippen LogP contribution in [0.15, 0.2) is 71.8 Å². The molecule has 0 saturated carbocycles. The molecular weight excluding hydrogens is 450 g/mol. The highest BCUT2D eigenvalue weighted by Crippen LogP contribution is 2.27. The van der Waals surface area contributed by atoms with Crippen molar-refractivity contribution in [1.82, 2.24) is 9.29 Å². The van der Waals surface area contributed by atoms with E-state index in [1.54, 1.807) is 6.20 Å². The van der Waals surface area contributed by atoms with Gasteiger partial charge in [0.05, 0.1) is 22.8 Å². The van der Waals surface area contributed by atoms with E-state index in [0.29, 0.717) is 24.3 Å². The fraction of sp³-hybridized carbons (Fsp3) is 0.308. The van der Waals surface area contributed by atoms with E-state index >= 15 is 0 Å². The predicted octanol–water partition coefficient (Wildman–Crippen LogP) is 4.36. The van der Waals surface area contributed by atoms with Crippen LogP contribution < -0.4 is 5.32 Å². The van der Waals surface area contributed by atoms with Crippen molar-refractivity contribution in [2.75, 3.05) is 18.4 Å². The largest absolute Gasteiger partial charge is 0.373 e. The number of nitrogens with zero attached hydrogens (tertiary/aromatic N) is 2. The second-order valence-electron chi connectivity index (χ2n) is 8.50. The van der Waals surface area contributed by atoms with Gasteiger partial charge in [0, 0.05) is 36.1 Å². The fourth-order valence-electron chi connectivity index (χ4n) is 4.18. The highest BCUT2D eigenvalue weighted by atomic mass is 32.2. The van der Waals surface area contributed by atoms with Crippen LogP contribution in [-0.4, -0.2) is 48.9 Å². The Kier molecular flexibility index (Phi) is 7.11. The van der Waals surface area contributed by atoms with Crippen LogP contribution in [0.3, 0.4) is 0 Å². The molecule has 178 valence electrons. The molecule has 0 spiro atoms. The maximum absolute atomic E-state index is 13.0. The smallest absolute Gasteiger partial charge is 0.255 e. The number of pyridine rings is 1. The molecule has 1 aliphatic heterocycles. The number of aromatic nitrogens is 1. The summed E-state index contributed by atoms with van der Waals surface area (Å²) >= 11 is 0. The lowest BCUT2D eigenvalue weighted by Crippen LogP contribution is -2.48. The van der Waals surface area contributed by atoms with E-state index in [1.807, 2.05) is 50.2 Å². The summed E-state index contributed by atoms with van der Waals surface area (Å²) in [7, 11) is -3.66. The molecule has 0 radical (unpaired) electrons. The lowest BCUT2D eigenvalue weighted by molar-refractivity contribution is -0.0440. The van der Waals surface area contributed by atoms with Crippen LogP contribution in [0.1, 0.15) is 36.7 Å². The molecule has 4 rings (SSSR count). The van der Waals surface area contributed by atoms with Crippen molar-refractivity contribution in [3.8, 4) is 11.3 Å². The maximum Gasteiger partial charge on any atom is 0.255 e. The second kappa shape index (κ2) is 10.0. The molecular formula is C26H29N3O4S. The van der Waals surface area contributed by atoms with Gasteiger partial charge in [-0.2, -0.15) is 4.31 Å². The van der Waals surface area contributed by atoms with Gasteiger partial charge in [-0.3, -0.25) is 9.78 Å². The molecule has 1 fully saturated rings. The number of ether oxygens (including phenoxy) is 1. The van der Waals surface area contributed by atoms with Crippen molar-refractivity contribution < 1.29 is 17.9 Å². The number of carbonyl (C=O) groups excluding carboxylic acids is 1. The molecule has 7 nitrogen and oxygen atoms in total. The van der Waals surface area contributed by atoms with Crippen molar-refractivity contribution in [2.24, 2.45) is 0 Å². The number of rotatable bonds is 6. The molecule has 2 heterocycles. The summed E-state index contributed by atoms with van der Waals surface area (Å²) in [6.07, 6.45) is 2.25. The molecule has 2 atom stereocenters. The molecule has 1 N–H and O–H groups in total. The average Bonchev–Trinajstić information content (AvgIpc) is 2.84. The molecule has 0 aliphatic carbocycles. The third kappa shape index (κ3) is 5.19. The molecule has 1 aromatic heterocycles. The van der Waals surface area contributed by atoms with Gasteiger partial charge < -0.3 is 10.1 Å². The highest BCUT2D eigenvalue weighted by Gasteiger charge is 2.32. The third-order valence-electron chi connectivity index (χ3n) is 5.83. The molecule has 1 saturated heterocycles. The summed E-state index contributed by atoms with van der Waals surface area (Å²) in [6.45, 7) is 6.41. The van der Waals surface area contributed by atoms with Crippen molar-refractivity contribution in [3.05, 3.63) is 78.0 Å². The van der Waals surface area contributed by atoms with Crippen molar-refractivity contribution >= 4 is 21.6 Å². The van der Waals surface area contributed by atoms with E-state index in [4.69, 9.17) is 4.74 Å². The van der Waals surface area contributed by atoms with Gasteiger partial charge in [-0.15, -0.1) is 0 Å². The first-order valence-corrected chi connectivity index (χ1v) is 12.8. The lowest BCUT2D eigenvalue weighted by atomic mass is 10.0. The summed E-state index contributed by atoms with van der Waals surface area (Å²) < 4.78 is 33.2. The number of nitrogens with one attached hydrogen (secondary N) is 1. The maximum atomic E-state index is 13.0. The molecule has 3 aromatic rings. The standard InChI is InChI=1S/C26H29N3O4S/c1-4-20-8-11-22(15-24(20)25-7-5-6-14-27-25)28-26(30)21-9-12-23(13-10-21)34(31,32)29-16-18(2)33-19(3)17-29/h5-15,18-19H,4,16-17H2,1-3H3,(H,28,30). The number of amides is 1. The SMILES string of the molecule is CCc1ccc(NC(=O)c2ccc(S(=O)(=O)N3CC(C)OC(C)C3)cc2)cc1-c1ccccn1. The van der Waals surface area contributed by atoms with Crippen LogP contribution in [-0.2, 0) is 21.2 Å². The monoisotopic (exact) mass is 479 g/mol. The van der Waals surface area contributed by atoms with Crippen molar-refractivity contribution in [2.45, 2.75) is 44.3 Å². The zero-order valence-corrected chi connectivity index (χ0v) is 20.4. The summed E-state index contributed by atoms with van der Waals surface area (Å²) in [5.74, 6) is -0.311. The number of sulfonamides is 1. The Labute approximate surface area is 200 Å². The molecule has 8 heteroatoms. The minimum Gasteiger partial charge on any atom is -0.373 e. The van der Waals surface area contributed by atoms with Gasteiger partial charge in [0.1, 0.15) is 0 Å². The summed E-state index contributed by atoms with van der Waals surface area (Å²) in [6, 6.07) is 17.5. The van der Waals surface area contributed by atoms with Gasteiger partial charge in [-0.05, 0) is 74.4 Å². The number of hydrogen-bond acceptors (Lipinski definition) is 5. The van der Waals surface area contributed by atoms with Crippen LogP contribution >= 0.6 is 0 Å². The average molecular weight is 480 g/mol. The third-order valence-corrected chi connectivity index (χ3v) is 7.68. The van der Waals surface area contributed by atoms with Gasteiger partial charge >= 0.3 is 0 Å². The zero-order valence-electron chi connectivity index (χ0n) is 19.6. The number of hydrogen-bond donors (Lipinski definition) is 1. The number of benzene rings is 2. The van der Waals surface area contributed by atoms with Crippen LogP contribution in [0.25, 0.3) is 11.3 Å². The Morgan fingerprint density at radius 2 is 1.76 bits per heavy atom. The Hall–Kier alpha value is -3.07. The number of anilines is 1. The highest BCUT2D eigenvalue weighted by molar-refractivity contribution is 7.89. The Bertz CT molecular complexity index is 1250. The van der Waals surface area contributed by atoms with Crippen LogP contribution in [0.4, 0.5) is 5.69 Å². The number of morpholine rings is 1. The zero-order chi connectivity index (χ0) is 24.3. The van der Waals surface area contributed by atoms with Crippen LogP contribution in [0, 0.1) is 0 Å². The fourth-order valence-corrected chi connectivity index (χ4v) is 5.77. The molecule has 1 aliphatic rings. The predicted molar refractivity (Wildman–Crippen MR) is 132 cm³/mol. The van der Waals surface area contributed by atoms with Gasteiger partial charge in [0.15, 0.2) is 0 Å². The van der Waals surface area contributed by atoms with E-state index in [0.717, 1.165) is 23.2 Å². The molecule has 34 heavy (non-hydrogen) atoms. The summed E-state index contributed by atoms with van der Waals surface area (Å²) in [5.41, 5.74) is 3.98. The van der Waals surface area contributed by atoms with Gasteiger partial charge in [-0.1, -0.05) is 19.1 Å². The molecule has 2 unspecified atom stereocenters. The normalized spacial score (nSPS) is 19.0. The Morgan fingerprint density at radius 3 is 2.38 bits per heavy atom. The lowest BCUT2D eigenvalue weighted by Gasteiger charge is -2.34. The Balaban J connectivity index is 1.51. The van der Waals surface area contributed by atoms with Crippen LogP contribution in [0.5, 0.6) is 0 Å². The minimum absolute atomic E-state index is 0.162. The van der Waals surface area contributed by atoms with Crippen molar-refractivity contribution in [1.29, 1.82) is 0 Å². The van der Waals surface area contributed by atoms with Gasteiger partial charge in [0.2, 0.25) is 10.0 Å². The first kappa shape index (κ1) is 24.1. The number of carbonyl (C=O) groups is 1. The minimum atomic E-state index is -3.66. The van der Waals surface area contributed by atoms with Crippen molar-refractivity contribution in [3.63, 3.8) is 0 Å². The first-order chi connectivity index (χ1) is 16.3. The van der Waals surface area contributed by atoms with E-state index in [2.05, 4.69) is 17.2 Å². The first-order valence-electron chi connectivity index (χ1n) is 11.4. The van der Waals surface area contributed by atoms with Crippen LogP contribution in [0.2, 0.25) is 0 Å². The molecule has 1 amide bonds. The molecule has 2 aromatic carbocycles. The topological polar surface area (TPSA) is 88.6 Å². The molecule has 0 bridgehead atoms. The van der Waals surface area contributed by atoms with Gasteiger partial charge in [-0.25, -0.2) is 8.42 Å².